The van der Waals surface area contributed by atoms with E-state index in [1.807, 2.05) is 0 Å². The Morgan fingerprint density at radius 2 is 2.57 bits per heavy atom. The molecule has 0 aromatic rings. The van der Waals surface area contributed by atoms with Crippen molar-refractivity contribution in [2.24, 2.45) is 0 Å². The van der Waals surface area contributed by atoms with E-state index in [4.69, 9.17) is 9.84 Å². The summed E-state index contributed by atoms with van der Waals surface area (Å²) in [5, 5.41) is 8.57. The second kappa shape index (κ2) is 1.30. The Morgan fingerprint density at radius 3 is 2.71 bits per heavy atom. The number of aliphatic hydroxyl groups is 1. The van der Waals surface area contributed by atoms with Crippen molar-refractivity contribution in [3.05, 3.63) is 24.2 Å². The molecule has 0 atom stereocenters. The number of allylic oxidation sites excluding steroid dienone is 1. The molecule has 38 valence electrons. The molecule has 7 heavy (non-hydrogen) atoms. The Morgan fingerprint density at radius 1 is 1.86 bits per heavy atom. The minimum Gasteiger partial charge on any atom is -0.509 e. The van der Waals surface area contributed by atoms with Gasteiger partial charge in [-0.05, 0) is 0 Å². The molecule has 0 fully saturated rings. The molecule has 2 heteroatoms. The first-order valence-electron chi connectivity index (χ1n) is 2.00. The van der Waals surface area contributed by atoms with E-state index >= 15 is 0 Å². The molecule has 1 N–H and O–H groups in total. The van der Waals surface area contributed by atoms with Crippen molar-refractivity contribution in [1.29, 1.82) is 0 Å². The smallest absolute Gasteiger partial charge is 0.145 e. The predicted molar refractivity (Wildman–Crippen MR) is 25.8 cm³/mol. The quantitative estimate of drug-likeness (QED) is 0.489. The molecule has 0 saturated carbocycles. The highest BCUT2D eigenvalue weighted by molar-refractivity contribution is 5.16. The van der Waals surface area contributed by atoms with Gasteiger partial charge in [0.2, 0.25) is 0 Å². The Labute approximate surface area is 41.7 Å². The Kier molecular flexibility index (Phi) is 0.785. The van der Waals surface area contributed by atoms with Crippen LogP contribution in [-0.2, 0) is 4.74 Å². The van der Waals surface area contributed by atoms with Crippen molar-refractivity contribution in [2.45, 2.75) is 0 Å². The van der Waals surface area contributed by atoms with Gasteiger partial charge in [0, 0.05) is 6.08 Å². The van der Waals surface area contributed by atoms with Crippen LogP contribution in [0.15, 0.2) is 24.2 Å². The molecule has 1 heterocycles. The molecule has 0 aromatic heterocycles. The third-order valence-electron chi connectivity index (χ3n) is 0.733. The average molecular weight is 98.1 g/mol. The van der Waals surface area contributed by atoms with E-state index in [1.165, 1.54) is 6.08 Å². The molecule has 0 radical (unpaired) electrons. The van der Waals surface area contributed by atoms with Gasteiger partial charge in [0.05, 0.1) is 0 Å². The maximum absolute atomic E-state index is 8.57. The first-order valence-corrected chi connectivity index (χ1v) is 2.00. The third-order valence-corrected chi connectivity index (χ3v) is 0.733. The zero-order valence-corrected chi connectivity index (χ0v) is 3.85. The second-order valence-electron chi connectivity index (χ2n) is 1.39. The van der Waals surface area contributed by atoms with Gasteiger partial charge in [-0.3, -0.25) is 0 Å². The zero-order chi connectivity index (χ0) is 5.28. The topological polar surface area (TPSA) is 29.5 Å². The Balaban J connectivity index is 2.67. The van der Waals surface area contributed by atoms with E-state index in [9.17, 15) is 0 Å². The van der Waals surface area contributed by atoms with Gasteiger partial charge in [-0.25, -0.2) is 0 Å². The summed E-state index contributed by atoms with van der Waals surface area (Å²) in [5.74, 6) is 0.794. The number of ether oxygens (including phenoxy) is 1. The van der Waals surface area contributed by atoms with E-state index < -0.39 is 0 Å². The molecule has 0 saturated heterocycles. The van der Waals surface area contributed by atoms with Crippen molar-refractivity contribution >= 4 is 0 Å². The molecule has 0 unspecified atom stereocenters. The summed E-state index contributed by atoms with van der Waals surface area (Å²) in [6.45, 7) is 3.74. The predicted octanol–water partition coefficient (Wildman–Crippen LogP) is 0.972. The monoisotopic (exact) mass is 98.0 g/mol. The lowest BCUT2D eigenvalue weighted by Crippen LogP contribution is -1.82. The van der Waals surface area contributed by atoms with Gasteiger partial charge < -0.3 is 9.84 Å². The highest BCUT2D eigenvalue weighted by Crippen LogP contribution is 2.08. The average Bonchev–Trinajstić information content (AvgIpc) is 1.87. The lowest BCUT2D eigenvalue weighted by Gasteiger charge is -1.89. The molecule has 0 bridgehead atoms. The summed E-state index contributed by atoms with van der Waals surface area (Å²) in [6, 6.07) is 0. The SMILES string of the molecule is C=C1C=C(O)CO1. The largest absolute Gasteiger partial charge is 0.509 e. The van der Waals surface area contributed by atoms with Gasteiger partial charge in [0.1, 0.15) is 18.1 Å². The van der Waals surface area contributed by atoms with Gasteiger partial charge in [-0.1, -0.05) is 6.58 Å². The third kappa shape index (κ3) is 0.738. The van der Waals surface area contributed by atoms with Crippen molar-refractivity contribution in [3.63, 3.8) is 0 Å². The van der Waals surface area contributed by atoms with E-state index in [2.05, 4.69) is 6.58 Å². The fraction of sp³-hybridized carbons (Fsp3) is 0.200. The number of hydrogen-bond donors (Lipinski definition) is 1. The van der Waals surface area contributed by atoms with Crippen LogP contribution in [0.25, 0.3) is 0 Å². The number of aliphatic hydroxyl groups excluding tert-OH is 1. The molecule has 0 aliphatic carbocycles. The van der Waals surface area contributed by atoms with Crippen LogP contribution in [0.4, 0.5) is 0 Å². The summed E-state index contributed by atoms with van der Waals surface area (Å²) in [4.78, 5) is 0. The molecule has 1 rings (SSSR count). The van der Waals surface area contributed by atoms with Crippen LogP contribution in [0.5, 0.6) is 0 Å². The summed E-state index contributed by atoms with van der Waals surface area (Å²) in [5.41, 5.74) is 0. The number of hydrogen-bond acceptors (Lipinski definition) is 2. The summed E-state index contributed by atoms with van der Waals surface area (Å²) in [6.07, 6.45) is 1.50. The standard InChI is InChI=1S/C5H6O2/c1-4-2-5(6)3-7-4/h2,6H,1,3H2. The Hall–Kier alpha value is -0.920. The van der Waals surface area contributed by atoms with Crippen molar-refractivity contribution < 1.29 is 9.84 Å². The van der Waals surface area contributed by atoms with Gasteiger partial charge in [0.25, 0.3) is 0 Å². The van der Waals surface area contributed by atoms with Crippen LogP contribution in [0.1, 0.15) is 0 Å². The molecule has 0 aromatic carbocycles. The molecular weight excluding hydrogens is 92.1 g/mol. The van der Waals surface area contributed by atoms with E-state index in [-0.39, 0.29) is 5.76 Å². The second-order valence-corrected chi connectivity index (χ2v) is 1.39. The first kappa shape index (κ1) is 4.24. The zero-order valence-electron chi connectivity index (χ0n) is 3.85. The number of rotatable bonds is 0. The molecule has 0 spiro atoms. The molecule has 1 aliphatic rings. The fourth-order valence-electron chi connectivity index (χ4n) is 0.436. The summed E-state index contributed by atoms with van der Waals surface area (Å²) >= 11 is 0. The van der Waals surface area contributed by atoms with E-state index in [1.54, 1.807) is 0 Å². The van der Waals surface area contributed by atoms with Gasteiger partial charge in [0.15, 0.2) is 0 Å². The lowest BCUT2D eigenvalue weighted by molar-refractivity contribution is 0.234. The van der Waals surface area contributed by atoms with Crippen LogP contribution in [0, 0.1) is 0 Å². The van der Waals surface area contributed by atoms with Gasteiger partial charge in [-0.2, -0.15) is 0 Å². The van der Waals surface area contributed by atoms with Crippen LogP contribution in [0.3, 0.4) is 0 Å². The highest BCUT2D eigenvalue weighted by atomic mass is 16.5. The summed E-state index contributed by atoms with van der Waals surface area (Å²) in [7, 11) is 0. The summed E-state index contributed by atoms with van der Waals surface area (Å²) < 4.78 is 4.73. The van der Waals surface area contributed by atoms with Crippen LogP contribution in [-0.4, -0.2) is 11.7 Å². The minimum atomic E-state index is 0.255. The molecule has 2 nitrogen and oxygen atoms in total. The van der Waals surface area contributed by atoms with Crippen molar-refractivity contribution in [2.75, 3.05) is 6.61 Å². The Bertz CT molecular complexity index is 124. The van der Waals surface area contributed by atoms with E-state index in [0.717, 1.165) is 0 Å². The van der Waals surface area contributed by atoms with Crippen LogP contribution < -0.4 is 0 Å². The van der Waals surface area contributed by atoms with E-state index in [0.29, 0.717) is 12.4 Å². The normalized spacial score (nSPS) is 18.9. The van der Waals surface area contributed by atoms with Crippen LogP contribution in [0.2, 0.25) is 0 Å². The van der Waals surface area contributed by atoms with Crippen molar-refractivity contribution in [3.8, 4) is 0 Å². The molecular formula is C5H6O2. The highest BCUT2D eigenvalue weighted by Gasteiger charge is 2.03. The fourth-order valence-corrected chi connectivity index (χ4v) is 0.436. The maximum Gasteiger partial charge on any atom is 0.145 e. The maximum atomic E-state index is 8.57. The lowest BCUT2D eigenvalue weighted by atomic mass is 10.5. The van der Waals surface area contributed by atoms with Crippen molar-refractivity contribution in [1.82, 2.24) is 0 Å². The molecule has 1 aliphatic heterocycles. The first-order chi connectivity index (χ1) is 3.29. The van der Waals surface area contributed by atoms with Crippen LogP contribution >= 0.6 is 0 Å². The molecule has 0 amide bonds. The minimum absolute atomic E-state index is 0.255. The van der Waals surface area contributed by atoms with Gasteiger partial charge in [-0.15, -0.1) is 0 Å². The van der Waals surface area contributed by atoms with Gasteiger partial charge >= 0.3 is 0 Å².